The zero-order valence-electron chi connectivity index (χ0n) is 5.08. The van der Waals surface area contributed by atoms with Gasteiger partial charge in [0, 0.05) is 0 Å². The van der Waals surface area contributed by atoms with E-state index in [-0.39, 0.29) is 0 Å². The Morgan fingerprint density at radius 2 is 2.67 bits per heavy atom. The van der Waals surface area contributed by atoms with E-state index in [1.807, 2.05) is 30.7 Å². The monoisotopic (exact) mass is 120 g/mol. The van der Waals surface area contributed by atoms with Crippen LogP contribution in [-0.2, 0) is 4.79 Å². The molecule has 1 aromatic rings. The van der Waals surface area contributed by atoms with Crippen molar-refractivity contribution in [2.45, 2.75) is 6.42 Å². The maximum Gasteiger partial charge on any atom is 0.102 e. The second-order valence-electron chi connectivity index (χ2n) is 1.82. The summed E-state index contributed by atoms with van der Waals surface area (Å²) >= 11 is 0. The molecule has 0 radical (unpaired) electrons. The molecule has 0 aromatic heterocycles. The van der Waals surface area contributed by atoms with Gasteiger partial charge in [-0.1, -0.05) is 6.42 Å². The Balaban J connectivity index is 2.38. The molecule has 0 aliphatic carbocycles. The van der Waals surface area contributed by atoms with Crippen LogP contribution < -0.4 is 0 Å². The highest BCUT2D eigenvalue weighted by Crippen LogP contribution is 2.03. The van der Waals surface area contributed by atoms with Crippen LogP contribution >= 0.6 is 0 Å². The Labute approximate surface area is 54.7 Å². The van der Waals surface area contributed by atoms with Crippen molar-refractivity contribution in [2.75, 3.05) is 0 Å². The Bertz CT molecular complexity index is 163. The van der Waals surface area contributed by atoms with Crippen molar-refractivity contribution in [3.05, 3.63) is 36.2 Å². The largest absolute Gasteiger partial charge is 0.355 e. The molecule has 0 amide bonds. The highest BCUT2D eigenvalue weighted by Gasteiger charge is 1.69. The van der Waals surface area contributed by atoms with Crippen molar-refractivity contribution >= 4 is 6.29 Å². The first-order valence-electron chi connectivity index (χ1n) is 2.92. The van der Waals surface area contributed by atoms with Gasteiger partial charge < -0.3 is 10.4 Å². The Morgan fingerprint density at radius 1 is 1.78 bits per heavy atom. The van der Waals surface area contributed by atoms with Gasteiger partial charge in [-0.15, -0.1) is 0 Å². The lowest BCUT2D eigenvalue weighted by atomic mass is 10.2. The molecule has 0 heterocycles. The molecular weight excluding hydrogens is 112 g/mol. The minimum absolute atomic E-state index is 0.518. The second kappa shape index (κ2) is 3.02. The second-order valence-corrected chi connectivity index (χ2v) is 1.82. The van der Waals surface area contributed by atoms with E-state index in [0.717, 1.165) is 11.8 Å². The van der Waals surface area contributed by atoms with Gasteiger partial charge in [-0.25, -0.2) is 0 Å². The molecule has 0 fully saturated rings. The predicted octanol–water partition coefficient (Wildman–Crippen LogP) is 1.55. The minimum atomic E-state index is 0.518. The predicted molar refractivity (Wildman–Crippen MR) is 36.1 cm³/mol. The zero-order chi connectivity index (χ0) is 6.53. The highest BCUT2D eigenvalue weighted by molar-refractivity contribution is 5.53. The van der Waals surface area contributed by atoms with Crippen LogP contribution in [-0.4, -0.2) is 6.29 Å². The standard InChI is InChI=1S/C8H8O/c9-7-3-6-8-4-1-2-5-8/h1-2,4-7H,3H2/q-2. The summed E-state index contributed by atoms with van der Waals surface area (Å²) < 4.78 is 0. The summed E-state index contributed by atoms with van der Waals surface area (Å²) in [6.07, 6.45) is 3.31. The number of hydrogen-bond acceptors (Lipinski definition) is 1. The summed E-state index contributed by atoms with van der Waals surface area (Å²) in [5.74, 6) is 0. The zero-order valence-corrected chi connectivity index (χ0v) is 5.08. The fourth-order valence-electron chi connectivity index (χ4n) is 0.709. The molecule has 48 valence electrons. The summed E-state index contributed by atoms with van der Waals surface area (Å²) in [4.78, 5) is 9.87. The normalized spacial score (nSPS) is 8.89. The van der Waals surface area contributed by atoms with Gasteiger partial charge in [0.15, 0.2) is 0 Å². The van der Waals surface area contributed by atoms with Crippen LogP contribution in [0.25, 0.3) is 0 Å². The van der Waals surface area contributed by atoms with Gasteiger partial charge in [0.25, 0.3) is 0 Å². The number of hydrogen-bond donors (Lipinski definition) is 0. The van der Waals surface area contributed by atoms with Crippen LogP contribution in [0, 0.1) is 6.42 Å². The quantitative estimate of drug-likeness (QED) is 0.437. The molecule has 0 bridgehead atoms. The average Bonchev–Trinajstić information content (AvgIpc) is 2.34. The van der Waals surface area contributed by atoms with Gasteiger partial charge in [-0.05, 0) is 0 Å². The molecule has 0 N–H and O–H groups in total. The van der Waals surface area contributed by atoms with Crippen molar-refractivity contribution in [2.24, 2.45) is 0 Å². The summed E-state index contributed by atoms with van der Waals surface area (Å²) in [5, 5.41) is 0. The van der Waals surface area contributed by atoms with Crippen molar-refractivity contribution in [1.29, 1.82) is 0 Å². The average molecular weight is 120 g/mol. The van der Waals surface area contributed by atoms with Crippen LogP contribution in [0.15, 0.2) is 24.3 Å². The molecule has 0 saturated carbocycles. The van der Waals surface area contributed by atoms with Crippen molar-refractivity contribution < 1.29 is 4.79 Å². The van der Waals surface area contributed by atoms with Crippen LogP contribution in [0.5, 0.6) is 0 Å². The lowest BCUT2D eigenvalue weighted by Gasteiger charge is -2.09. The van der Waals surface area contributed by atoms with E-state index in [9.17, 15) is 4.79 Å². The van der Waals surface area contributed by atoms with E-state index in [1.54, 1.807) is 0 Å². The van der Waals surface area contributed by atoms with Gasteiger partial charge in [0.2, 0.25) is 0 Å². The van der Waals surface area contributed by atoms with Crippen molar-refractivity contribution in [3.63, 3.8) is 0 Å². The Morgan fingerprint density at radius 3 is 3.22 bits per heavy atom. The van der Waals surface area contributed by atoms with E-state index < -0.39 is 0 Å². The van der Waals surface area contributed by atoms with Crippen LogP contribution in [0.3, 0.4) is 0 Å². The molecule has 0 aliphatic heterocycles. The van der Waals surface area contributed by atoms with E-state index in [2.05, 4.69) is 0 Å². The molecule has 1 heteroatoms. The van der Waals surface area contributed by atoms with E-state index in [1.165, 1.54) is 0 Å². The number of carbonyl (C=O) groups excluding carboxylic acids is 1. The van der Waals surface area contributed by atoms with Crippen LogP contribution in [0.4, 0.5) is 0 Å². The molecule has 0 atom stereocenters. The minimum Gasteiger partial charge on any atom is -0.355 e. The summed E-state index contributed by atoms with van der Waals surface area (Å²) in [6.45, 7) is 0. The smallest absolute Gasteiger partial charge is 0.102 e. The van der Waals surface area contributed by atoms with Gasteiger partial charge >= 0.3 is 0 Å². The van der Waals surface area contributed by atoms with Gasteiger partial charge in [-0.3, -0.25) is 18.6 Å². The van der Waals surface area contributed by atoms with Crippen LogP contribution in [0.2, 0.25) is 0 Å². The summed E-state index contributed by atoms with van der Waals surface area (Å²) in [6, 6.07) is 7.86. The number of rotatable bonds is 3. The Hall–Kier alpha value is -1.11. The molecule has 1 nitrogen and oxygen atoms in total. The third kappa shape index (κ3) is 1.68. The lowest BCUT2D eigenvalue weighted by Crippen LogP contribution is -1.76. The fourth-order valence-corrected chi connectivity index (χ4v) is 0.709. The van der Waals surface area contributed by atoms with Gasteiger partial charge in [-0.2, -0.15) is 12.1 Å². The highest BCUT2D eigenvalue weighted by atomic mass is 16.1. The van der Waals surface area contributed by atoms with Gasteiger partial charge in [0.05, 0.1) is 0 Å². The molecule has 0 saturated heterocycles. The molecule has 9 heavy (non-hydrogen) atoms. The van der Waals surface area contributed by atoms with E-state index in [4.69, 9.17) is 0 Å². The number of aldehydes is 1. The molecule has 0 unspecified atom stereocenters. The maximum absolute atomic E-state index is 9.87. The third-order valence-electron chi connectivity index (χ3n) is 1.14. The summed E-state index contributed by atoms with van der Waals surface area (Å²) in [5.41, 5.74) is 1.13. The Kier molecular flexibility index (Phi) is 2.02. The third-order valence-corrected chi connectivity index (χ3v) is 1.14. The van der Waals surface area contributed by atoms with Crippen molar-refractivity contribution in [1.82, 2.24) is 0 Å². The maximum atomic E-state index is 9.87. The fraction of sp³-hybridized carbons (Fsp3) is 0.125. The molecule has 0 aliphatic rings. The van der Waals surface area contributed by atoms with Crippen LogP contribution in [0.1, 0.15) is 12.0 Å². The molecule has 0 spiro atoms. The van der Waals surface area contributed by atoms with E-state index in [0.29, 0.717) is 6.42 Å². The van der Waals surface area contributed by atoms with Crippen molar-refractivity contribution in [3.8, 4) is 0 Å². The topological polar surface area (TPSA) is 17.1 Å². The molecule has 1 rings (SSSR count). The SMILES string of the molecule is O=CC[CH-]c1ccc[cH-]1. The lowest BCUT2D eigenvalue weighted by molar-refractivity contribution is -0.107. The van der Waals surface area contributed by atoms with Gasteiger partial charge in [0.1, 0.15) is 6.29 Å². The molecular formula is C8H8O-2. The first-order chi connectivity index (χ1) is 4.43. The molecule has 1 aromatic carbocycles. The number of carbonyl (C=O) groups is 1. The first-order valence-corrected chi connectivity index (χ1v) is 2.92. The summed E-state index contributed by atoms with van der Waals surface area (Å²) in [7, 11) is 0. The van der Waals surface area contributed by atoms with E-state index >= 15 is 0 Å². The first kappa shape index (κ1) is 6.02.